The van der Waals surface area contributed by atoms with Gasteiger partial charge >= 0.3 is 5.97 Å². The Morgan fingerprint density at radius 3 is 2.81 bits per heavy atom. The first-order valence-electron chi connectivity index (χ1n) is 9.95. The van der Waals surface area contributed by atoms with E-state index in [1.54, 1.807) is 30.3 Å². The molecule has 1 aliphatic carbocycles. The number of aliphatic imine (C=N–C) groups is 1. The van der Waals surface area contributed by atoms with E-state index >= 15 is 0 Å². The predicted octanol–water partition coefficient (Wildman–Crippen LogP) is 2.16. The van der Waals surface area contributed by atoms with Crippen LogP contribution >= 0.6 is 23.2 Å². The minimum Gasteiger partial charge on any atom is -0.481 e. The van der Waals surface area contributed by atoms with Crippen molar-refractivity contribution >= 4 is 52.6 Å². The number of aliphatic carboxylic acids is 1. The van der Waals surface area contributed by atoms with Crippen LogP contribution in [-0.4, -0.2) is 53.5 Å². The largest absolute Gasteiger partial charge is 0.481 e. The van der Waals surface area contributed by atoms with E-state index in [4.69, 9.17) is 28.3 Å². The first-order chi connectivity index (χ1) is 15.2. The molecule has 1 unspecified atom stereocenters. The van der Waals surface area contributed by atoms with Crippen molar-refractivity contribution in [1.29, 1.82) is 0 Å². The number of alkyl halides is 1. The minimum absolute atomic E-state index is 0.0652. The fourth-order valence-corrected chi connectivity index (χ4v) is 4.08. The zero-order chi connectivity index (χ0) is 23.1. The Hall–Kier alpha value is -3.04. The Kier molecular flexibility index (Phi) is 7.76. The van der Waals surface area contributed by atoms with E-state index in [1.165, 1.54) is 6.08 Å². The number of halogens is 2. The van der Waals surface area contributed by atoms with Crippen LogP contribution in [0.1, 0.15) is 29.6 Å². The molecule has 1 heterocycles. The van der Waals surface area contributed by atoms with Crippen LogP contribution < -0.4 is 21.3 Å². The van der Waals surface area contributed by atoms with Crippen molar-refractivity contribution < 1.29 is 19.5 Å². The molecule has 1 atom stereocenters. The van der Waals surface area contributed by atoms with E-state index < -0.39 is 22.8 Å². The van der Waals surface area contributed by atoms with Gasteiger partial charge < -0.3 is 26.4 Å². The summed E-state index contributed by atoms with van der Waals surface area (Å²) in [4.78, 5) is 38.6. The maximum Gasteiger partial charge on any atom is 0.303 e. The second-order valence-electron chi connectivity index (χ2n) is 7.36. The van der Waals surface area contributed by atoms with Crippen LogP contribution in [0.4, 0.5) is 5.69 Å². The summed E-state index contributed by atoms with van der Waals surface area (Å²) >= 11 is 12.6. The molecule has 170 valence electrons. The van der Waals surface area contributed by atoms with Gasteiger partial charge in [0.2, 0.25) is 5.91 Å². The molecule has 1 aromatic carbocycles. The van der Waals surface area contributed by atoms with Gasteiger partial charge in [-0.25, -0.2) is 0 Å². The molecule has 1 aliphatic heterocycles. The number of anilines is 1. The van der Waals surface area contributed by atoms with Crippen LogP contribution in [0.15, 0.2) is 52.0 Å². The number of rotatable bonds is 8. The third-order valence-corrected chi connectivity index (χ3v) is 5.23. The van der Waals surface area contributed by atoms with E-state index in [0.29, 0.717) is 34.4 Å². The van der Waals surface area contributed by atoms with E-state index in [2.05, 4.69) is 26.3 Å². The lowest BCUT2D eigenvalue weighted by Gasteiger charge is -2.29. The number of carboxylic acids is 1. The molecule has 0 saturated heterocycles. The summed E-state index contributed by atoms with van der Waals surface area (Å²) in [5.74, 6) is -1.22. The number of guanidine groups is 1. The Bertz CT molecular complexity index is 1010. The van der Waals surface area contributed by atoms with E-state index in [0.717, 1.165) is 6.54 Å². The highest BCUT2D eigenvalue weighted by Crippen LogP contribution is 2.33. The maximum atomic E-state index is 12.5. The smallest absolute Gasteiger partial charge is 0.303 e. The van der Waals surface area contributed by atoms with Gasteiger partial charge in [-0.3, -0.25) is 19.4 Å². The highest BCUT2D eigenvalue weighted by molar-refractivity contribution is 6.33. The van der Waals surface area contributed by atoms with Crippen molar-refractivity contribution in [3.8, 4) is 0 Å². The van der Waals surface area contributed by atoms with E-state index in [9.17, 15) is 14.4 Å². The van der Waals surface area contributed by atoms with Crippen LogP contribution in [0.5, 0.6) is 0 Å². The quantitative estimate of drug-likeness (QED) is 0.286. The standard InChI is InChI=1S/C21H23Cl2N5O4/c22-15-8-13(4-5-18(30)31)10-21(23,11-15)28-17(29)12-26-19(32)14-2-1-3-16(9-14)27-20-24-6-7-25-20/h1-3,8-9,11H,4-7,10,12H2,(H,26,32)(H,28,29)(H,30,31)(H2,24,25,27). The molecule has 2 aliphatic rings. The monoisotopic (exact) mass is 479 g/mol. The topological polar surface area (TPSA) is 132 Å². The molecule has 1 aromatic rings. The summed E-state index contributed by atoms with van der Waals surface area (Å²) in [7, 11) is 0. The number of nitrogens with zero attached hydrogens (tertiary/aromatic N) is 1. The van der Waals surface area contributed by atoms with E-state index in [1.807, 2.05) is 0 Å². The number of amides is 2. The molecule has 0 fully saturated rings. The summed E-state index contributed by atoms with van der Waals surface area (Å²) in [5.41, 5.74) is 1.78. The first-order valence-corrected chi connectivity index (χ1v) is 10.7. The zero-order valence-electron chi connectivity index (χ0n) is 17.1. The summed E-state index contributed by atoms with van der Waals surface area (Å²) in [6.07, 6.45) is 3.54. The van der Waals surface area contributed by atoms with Crippen LogP contribution in [0, 0.1) is 0 Å². The average molecular weight is 480 g/mol. The Labute approximate surface area is 194 Å². The van der Waals surface area contributed by atoms with Gasteiger partial charge in [0.1, 0.15) is 5.00 Å². The highest BCUT2D eigenvalue weighted by atomic mass is 35.5. The molecule has 11 heteroatoms. The molecule has 3 rings (SSSR count). The second-order valence-corrected chi connectivity index (χ2v) is 8.47. The lowest BCUT2D eigenvalue weighted by atomic mass is 9.96. The third-order valence-electron chi connectivity index (χ3n) is 4.67. The minimum atomic E-state index is -1.29. The lowest BCUT2D eigenvalue weighted by molar-refractivity contribution is -0.137. The van der Waals surface area contributed by atoms with Crippen molar-refractivity contribution in [2.45, 2.75) is 24.3 Å². The SMILES string of the molecule is O=C(O)CCC1=CC(Cl)=CC(Cl)(NC(=O)CNC(=O)c2cccc(NC3=NCCN3)c2)C1. The molecule has 2 amide bonds. The molecule has 0 bridgehead atoms. The molecule has 0 aromatic heterocycles. The van der Waals surface area contributed by atoms with Gasteiger partial charge in [-0.05, 0) is 36.8 Å². The Balaban J connectivity index is 1.52. The molecule has 9 nitrogen and oxygen atoms in total. The molecule has 0 radical (unpaired) electrons. The molecule has 5 N–H and O–H groups in total. The Morgan fingerprint density at radius 2 is 2.09 bits per heavy atom. The molecule has 0 saturated carbocycles. The van der Waals surface area contributed by atoms with Gasteiger partial charge in [0.15, 0.2) is 5.96 Å². The number of carbonyl (C=O) groups excluding carboxylic acids is 2. The molecule has 32 heavy (non-hydrogen) atoms. The van der Waals surface area contributed by atoms with E-state index in [-0.39, 0.29) is 25.8 Å². The number of hydrogen-bond acceptors (Lipinski definition) is 6. The van der Waals surface area contributed by atoms with Crippen LogP contribution in [0.25, 0.3) is 0 Å². The number of nitrogens with one attached hydrogen (secondary N) is 4. The van der Waals surface area contributed by atoms with Crippen LogP contribution in [0.2, 0.25) is 0 Å². The summed E-state index contributed by atoms with van der Waals surface area (Å²) < 4.78 is 0. The Morgan fingerprint density at radius 1 is 1.28 bits per heavy atom. The first kappa shape index (κ1) is 23.6. The van der Waals surface area contributed by atoms with Crippen molar-refractivity contribution in [1.82, 2.24) is 16.0 Å². The average Bonchev–Trinajstić information content (AvgIpc) is 3.22. The fourth-order valence-electron chi connectivity index (χ4n) is 3.29. The van der Waals surface area contributed by atoms with Crippen LogP contribution in [0.3, 0.4) is 0 Å². The maximum absolute atomic E-state index is 12.5. The van der Waals surface area contributed by atoms with Gasteiger partial charge in [0, 0.05) is 35.7 Å². The second kappa shape index (κ2) is 10.5. The molecular formula is C21H23Cl2N5O4. The number of carbonyl (C=O) groups is 3. The van der Waals surface area contributed by atoms with Crippen LogP contribution in [-0.2, 0) is 9.59 Å². The third kappa shape index (κ3) is 7.00. The van der Waals surface area contributed by atoms with Crippen molar-refractivity contribution in [2.75, 3.05) is 25.0 Å². The highest BCUT2D eigenvalue weighted by Gasteiger charge is 2.31. The van der Waals surface area contributed by atoms with Gasteiger partial charge in [-0.1, -0.05) is 34.8 Å². The number of hydrogen-bond donors (Lipinski definition) is 5. The van der Waals surface area contributed by atoms with Crippen molar-refractivity contribution in [3.05, 3.63) is 52.6 Å². The molecule has 0 spiro atoms. The summed E-state index contributed by atoms with van der Waals surface area (Å²) in [5, 5.41) is 20.5. The number of allylic oxidation sites excluding steroid dienone is 2. The zero-order valence-corrected chi connectivity index (χ0v) is 18.6. The number of benzene rings is 1. The van der Waals surface area contributed by atoms with Crippen molar-refractivity contribution in [2.24, 2.45) is 4.99 Å². The summed E-state index contributed by atoms with van der Waals surface area (Å²) in [6, 6.07) is 6.81. The normalized spacial score (nSPS) is 19.8. The van der Waals surface area contributed by atoms with Crippen molar-refractivity contribution in [3.63, 3.8) is 0 Å². The molecular weight excluding hydrogens is 457 g/mol. The van der Waals surface area contributed by atoms with Gasteiger partial charge in [-0.15, -0.1) is 0 Å². The summed E-state index contributed by atoms with van der Waals surface area (Å²) in [6.45, 7) is 1.16. The fraction of sp³-hybridized carbons (Fsp3) is 0.333. The van der Waals surface area contributed by atoms with Gasteiger partial charge in [0.05, 0.1) is 13.1 Å². The van der Waals surface area contributed by atoms with Gasteiger partial charge in [0.25, 0.3) is 5.91 Å². The van der Waals surface area contributed by atoms with Gasteiger partial charge in [-0.2, -0.15) is 0 Å². The predicted molar refractivity (Wildman–Crippen MR) is 123 cm³/mol. The lowest BCUT2D eigenvalue weighted by Crippen LogP contribution is -2.47. The number of carboxylic acid groups (broad SMARTS) is 1.